The van der Waals surface area contributed by atoms with Crippen LogP contribution in [0, 0.1) is 0 Å². The van der Waals surface area contributed by atoms with Crippen molar-refractivity contribution in [3.8, 4) is 0 Å². The minimum atomic E-state index is 0.740. The van der Waals surface area contributed by atoms with Gasteiger partial charge in [-0.25, -0.2) is 0 Å². The molecule has 2 rings (SSSR count). The third-order valence-corrected chi connectivity index (χ3v) is 3.91. The molecule has 1 N–H and O–H groups in total. The van der Waals surface area contributed by atoms with Gasteiger partial charge >= 0.3 is 0 Å². The number of piperazine rings is 1. The van der Waals surface area contributed by atoms with Crippen molar-refractivity contribution in [3.05, 3.63) is 29.3 Å². The summed E-state index contributed by atoms with van der Waals surface area (Å²) in [6.07, 6.45) is 1.22. The molecule has 3 nitrogen and oxygen atoms in total. The van der Waals surface area contributed by atoms with Crippen molar-refractivity contribution in [1.29, 1.82) is 0 Å². The van der Waals surface area contributed by atoms with Gasteiger partial charge in [0.1, 0.15) is 0 Å². The molecular formula is C14H20ClN3S. The molecule has 1 heterocycles. The van der Waals surface area contributed by atoms with Crippen molar-refractivity contribution < 1.29 is 0 Å². The van der Waals surface area contributed by atoms with Crippen LogP contribution < -0.4 is 5.32 Å². The first-order chi connectivity index (χ1) is 9.19. The van der Waals surface area contributed by atoms with Crippen molar-refractivity contribution in [3.63, 3.8) is 0 Å². The number of rotatable bonds is 3. The van der Waals surface area contributed by atoms with Gasteiger partial charge in [0, 0.05) is 36.9 Å². The monoisotopic (exact) mass is 297 g/mol. The largest absolute Gasteiger partial charge is 0.346 e. The smallest absolute Gasteiger partial charge is 0.173 e. The van der Waals surface area contributed by atoms with Gasteiger partial charge in [-0.2, -0.15) is 0 Å². The van der Waals surface area contributed by atoms with Crippen molar-refractivity contribution in [2.24, 2.45) is 0 Å². The van der Waals surface area contributed by atoms with Crippen LogP contribution in [0.1, 0.15) is 13.3 Å². The van der Waals surface area contributed by atoms with Gasteiger partial charge in [-0.15, -0.1) is 0 Å². The van der Waals surface area contributed by atoms with E-state index in [9.17, 15) is 0 Å². The number of benzene rings is 1. The Morgan fingerprint density at radius 2 is 1.84 bits per heavy atom. The highest BCUT2D eigenvalue weighted by atomic mass is 35.5. The predicted molar refractivity (Wildman–Crippen MR) is 86.0 cm³/mol. The zero-order chi connectivity index (χ0) is 13.7. The van der Waals surface area contributed by atoms with E-state index in [4.69, 9.17) is 23.8 Å². The summed E-state index contributed by atoms with van der Waals surface area (Å²) >= 11 is 11.3. The van der Waals surface area contributed by atoms with Crippen LogP contribution in [0.3, 0.4) is 0 Å². The van der Waals surface area contributed by atoms with Crippen LogP contribution in [0.2, 0.25) is 5.02 Å². The van der Waals surface area contributed by atoms with E-state index in [0.717, 1.165) is 42.0 Å². The second-order valence-electron chi connectivity index (χ2n) is 4.77. The lowest BCUT2D eigenvalue weighted by Gasteiger charge is -2.36. The summed E-state index contributed by atoms with van der Waals surface area (Å²) in [4.78, 5) is 4.72. The predicted octanol–water partition coefficient (Wildman–Crippen LogP) is 3.06. The number of nitrogens with one attached hydrogen (secondary N) is 1. The highest BCUT2D eigenvalue weighted by Crippen LogP contribution is 2.14. The average molecular weight is 298 g/mol. The van der Waals surface area contributed by atoms with E-state index in [2.05, 4.69) is 22.0 Å². The quantitative estimate of drug-likeness (QED) is 0.864. The Bertz CT molecular complexity index is 413. The lowest BCUT2D eigenvalue weighted by Crippen LogP contribution is -2.49. The first-order valence-electron chi connectivity index (χ1n) is 6.73. The minimum absolute atomic E-state index is 0.740. The van der Waals surface area contributed by atoms with Crippen LogP contribution in [-0.4, -0.2) is 47.6 Å². The van der Waals surface area contributed by atoms with E-state index in [1.165, 1.54) is 13.0 Å². The minimum Gasteiger partial charge on any atom is -0.346 e. The molecule has 5 heteroatoms. The summed E-state index contributed by atoms with van der Waals surface area (Å²) in [6, 6.07) is 7.63. The van der Waals surface area contributed by atoms with E-state index >= 15 is 0 Å². The number of thiocarbonyl (C=S) groups is 1. The molecule has 0 aromatic heterocycles. The first-order valence-corrected chi connectivity index (χ1v) is 7.51. The van der Waals surface area contributed by atoms with Gasteiger partial charge in [0.05, 0.1) is 0 Å². The van der Waals surface area contributed by atoms with Gasteiger partial charge in [-0.05, 0) is 49.4 Å². The van der Waals surface area contributed by atoms with E-state index < -0.39 is 0 Å². The number of halogens is 1. The third-order valence-electron chi connectivity index (χ3n) is 3.29. The van der Waals surface area contributed by atoms with Gasteiger partial charge in [-0.1, -0.05) is 18.5 Å². The van der Waals surface area contributed by atoms with E-state index in [1.54, 1.807) is 0 Å². The van der Waals surface area contributed by atoms with Gasteiger partial charge in [0.15, 0.2) is 5.11 Å². The fourth-order valence-electron chi connectivity index (χ4n) is 2.23. The third kappa shape index (κ3) is 4.34. The van der Waals surface area contributed by atoms with Crippen molar-refractivity contribution in [2.75, 3.05) is 38.0 Å². The van der Waals surface area contributed by atoms with Gasteiger partial charge in [0.25, 0.3) is 0 Å². The topological polar surface area (TPSA) is 18.5 Å². The molecule has 1 aliphatic heterocycles. The van der Waals surface area contributed by atoms with Crippen LogP contribution in [0.4, 0.5) is 5.69 Å². The Hall–Kier alpha value is -0.840. The van der Waals surface area contributed by atoms with Crippen molar-refractivity contribution in [1.82, 2.24) is 9.80 Å². The first kappa shape index (κ1) is 14.6. The summed E-state index contributed by atoms with van der Waals surface area (Å²) in [5, 5.41) is 4.81. The molecule has 1 saturated heterocycles. The highest BCUT2D eigenvalue weighted by molar-refractivity contribution is 7.80. The van der Waals surface area contributed by atoms with Gasteiger partial charge in [-0.3, -0.25) is 4.90 Å². The maximum absolute atomic E-state index is 5.87. The fourth-order valence-corrected chi connectivity index (χ4v) is 2.65. The molecule has 1 aliphatic rings. The maximum atomic E-state index is 5.87. The van der Waals surface area contributed by atoms with Crippen LogP contribution in [0.5, 0.6) is 0 Å². The number of nitrogens with zero attached hydrogens (tertiary/aromatic N) is 2. The Morgan fingerprint density at radius 1 is 1.21 bits per heavy atom. The molecule has 1 aromatic carbocycles. The molecule has 0 saturated carbocycles. The second kappa shape index (κ2) is 7.08. The maximum Gasteiger partial charge on any atom is 0.173 e. The zero-order valence-corrected chi connectivity index (χ0v) is 12.8. The van der Waals surface area contributed by atoms with Gasteiger partial charge < -0.3 is 10.2 Å². The molecular weight excluding hydrogens is 278 g/mol. The number of anilines is 1. The zero-order valence-electron chi connectivity index (χ0n) is 11.2. The van der Waals surface area contributed by atoms with Crippen molar-refractivity contribution in [2.45, 2.75) is 13.3 Å². The number of hydrogen-bond acceptors (Lipinski definition) is 2. The summed E-state index contributed by atoms with van der Waals surface area (Å²) in [7, 11) is 0. The molecule has 19 heavy (non-hydrogen) atoms. The molecule has 0 unspecified atom stereocenters. The Kier molecular flexibility index (Phi) is 5.43. The Balaban J connectivity index is 1.83. The SMILES string of the molecule is CCCN1CCN(C(=S)Nc2ccc(Cl)cc2)CC1. The van der Waals surface area contributed by atoms with Crippen LogP contribution >= 0.6 is 23.8 Å². The summed E-state index contributed by atoms with van der Waals surface area (Å²) < 4.78 is 0. The summed E-state index contributed by atoms with van der Waals surface area (Å²) in [5.41, 5.74) is 0.991. The number of hydrogen-bond donors (Lipinski definition) is 1. The molecule has 1 aromatic rings. The fraction of sp³-hybridized carbons (Fsp3) is 0.500. The Morgan fingerprint density at radius 3 is 2.42 bits per heavy atom. The van der Waals surface area contributed by atoms with Crippen LogP contribution in [0.15, 0.2) is 24.3 Å². The van der Waals surface area contributed by atoms with E-state index in [-0.39, 0.29) is 0 Å². The van der Waals surface area contributed by atoms with E-state index in [0.29, 0.717) is 0 Å². The lowest BCUT2D eigenvalue weighted by molar-refractivity contribution is 0.184. The van der Waals surface area contributed by atoms with Gasteiger partial charge in [0.2, 0.25) is 0 Å². The van der Waals surface area contributed by atoms with Crippen LogP contribution in [-0.2, 0) is 0 Å². The average Bonchev–Trinajstić information content (AvgIpc) is 2.42. The van der Waals surface area contributed by atoms with Crippen molar-refractivity contribution >= 4 is 34.6 Å². The lowest BCUT2D eigenvalue weighted by atomic mass is 10.3. The summed E-state index contributed by atoms with van der Waals surface area (Å²) in [5.74, 6) is 0. The summed E-state index contributed by atoms with van der Waals surface area (Å²) in [6.45, 7) is 7.59. The molecule has 0 spiro atoms. The molecule has 104 valence electrons. The normalized spacial score (nSPS) is 16.4. The highest BCUT2D eigenvalue weighted by Gasteiger charge is 2.18. The van der Waals surface area contributed by atoms with E-state index in [1.807, 2.05) is 24.3 Å². The van der Waals surface area contributed by atoms with Crippen LogP contribution in [0.25, 0.3) is 0 Å². The molecule has 0 bridgehead atoms. The molecule has 0 aliphatic carbocycles. The molecule has 0 radical (unpaired) electrons. The standard InChI is InChI=1S/C14H20ClN3S/c1-2-7-17-8-10-18(11-9-17)14(19)16-13-5-3-12(15)4-6-13/h3-6H,2,7-11H2,1H3,(H,16,19). The Labute approximate surface area is 125 Å². The second-order valence-corrected chi connectivity index (χ2v) is 5.59. The molecule has 1 fully saturated rings. The molecule has 0 atom stereocenters. The molecule has 0 amide bonds.